The van der Waals surface area contributed by atoms with E-state index in [1.165, 1.54) is 10.4 Å². The van der Waals surface area contributed by atoms with Crippen LogP contribution >= 0.6 is 11.3 Å². The van der Waals surface area contributed by atoms with Crippen molar-refractivity contribution < 1.29 is 4.79 Å². The largest absolute Gasteiger partial charge is 0.321 e. The molecule has 1 aromatic heterocycles. The molecule has 2 aromatic rings. The fourth-order valence-electron chi connectivity index (χ4n) is 1.75. The van der Waals surface area contributed by atoms with Crippen LogP contribution in [0.4, 0.5) is 5.69 Å². The Kier molecular flexibility index (Phi) is 4.15. The maximum Gasteiger partial charge on any atom is 0.265 e. The lowest BCUT2D eigenvalue weighted by molar-refractivity contribution is 0.103. The maximum atomic E-state index is 12.0. The zero-order chi connectivity index (χ0) is 13.0. The van der Waals surface area contributed by atoms with Gasteiger partial charge < -0.3 is 5.32 Å². The van der Waals surface area contributed by atoms with Crippen molar-refractivity contribution in [2.45, 2.75) is 26.7 Å². The molecule has 1 N–H and O–H groups in total. The van der Waals surface area contributed by atoms with Crippen LogP contribution in [0.5, 0.6) is 0 Å². The van der Waals surface area contributed by atoms with E-state index in [0.29, 0.717) is 0 Å². The molecule has 0 aliphatic carbocycles. The van der Waals surface area contributed by atoms with Crippen LogP contribution < -0.4 is 5.32 Å². The highest BCUT2D eigenvalue weighted by atomic mass is 32.1. The molecule has 94 valence electrons. The van der Waals surface area contributed by atoms with E-state index in [-0.39, 0.29) is 5.91 Å². The minimum Gasteiger partial charge on any atom is -0.321 e. The van der Waals surface area contributed by atoms with Crippen molar-refractivity contribution in [2.24, 2.45) is 0 Å². The van der Waals surface area contributed by atoms with Gasteiger partial charge in [0.15, 0.2) is 0 Å². The number of hydrogen-bond donors (Lipinski definition) is 1. The van der Waals surface area contributed by atoms with Gasteiger partial charge in [0, 0.05) is 10.6 Å². The number of benzene rings is 1. The second-order valence-corrected chi connectivity index (χ2v) is 5.30. The molecule has 0 radical (unpaired) electrons. The molecular formula is C15H17NOS. The molecule has 2 rings (SSSR count). The van der Waals surface area contributed by atoms with Gasteiger partial charge in [-0.15, -0.1) is 11.3 Å². The summed E-state index contributed by atoms with van der Waals surface area (Å²) in [5.41, 5.74) is 2.10. The molecule has 0 atom stereocenters. The number of anilines is 1. The second kappa shape index (κ2) is 5.83. The third-order valence-corrected chi connectivity index (χ3v) is 4.06. The molecule has 2 nitrogen and oxygen atoms in total. The molecule has 0 aliphatic heterocycles. The summed E-state index contributed by atoms with van der Waals surface area (Å²) < 4.78 is 0. The Balaban J connectivity index is 2.10. The summed E-state index contributed by atoms with van der Waals surface area (Å²) in [4.78, 5) is 14.1. The van der Waals surface area contributed by atoms with Crippen molar-refractivity contribution in [1.82, 2.24) is 0 Å². The fraction of sp³-hybridized carbons (Fsp3) is 0.267. The third-order valence-electron chi connectivity index (χ3n) is 2.83. The summed E-state index contributed by atoms with van der Waals surface area (Å²) in [6.45, 7) is 4.20. The van der Waals surface area contributed by atoms with E-state index in [0.717, 1.165) is 23.4 Å². The first-order valence-corrected chi connectivity index (χ1v) is 7.03. The van der Waals surface area contributed by atoms with Crippen LogP contribution in [0, 0.1) is 0 Å². The van der Waals surface area contributed by atoms with Gasteiger partial charge >= 0.3 is 0 Å². The lowest BCUT2D eigenvalue weighted by Crippen LogP contribution is -2.10. The number of rotatable bonds is 4. The smallest absolute Gasteiger partial charge is 0.265 e. The van der Waals surface area contributed by atoms with E-state index < -0.39 is 0 Å². The van der Waals surface area contributed by atoms with Crippen LogP contribution in [0.15, 0.2) is 36.4 Å². The van der Waals surface area contributed by atoms with Gasteiger partial charge in [0.2, 0.25) is 0 Å². The van der Waals surface area contributed by atoms with Crippen LogP contribution in [-0.4, -0.2) is 5.91 Å². The zero-order valence-electron chi connectivity index (χ0n) is 10.7. The first-order chi connectivity index (χ1) is 8.72. The van der Waals surface area contributed by atoms with Crippen molar-refractivity contribution in [1.29, 1.82) is 0 Å². The summed E-state index contributed by atoms with van der Waals surface area (Å²) in [5, 5.41) is 2.94. The van der Waals surface area contributed by atoms with E-state index in [2.05, 4.69) is 25.2 Å². The summed E-state index contributed by atoms with van der Waals surface area (Å²) in [6, 6.07) is 11.9. The standard InChI is InChI=1S/C15H17NOS/c1-3-11-6-5-7-12(10-11)16-15(17)14-9-8-13(4-2)18-14/h5-10H,3-4H2,1-2H3,(H,16,17). The molecule has 1 amide bonds. The molecule has 0 saturated heterocycles. The Morgan fingerprint density at radius 2 is 2.00 bits per heavy atom. The quantitative estimate of drug-likeness (QED) is 0.879. The van der Waals surface area contributed by atoms with Gasteiger partial charge in [0.1, 0.15) is 0 Å². The van der Waals surface area contributed by atoms with Crippen molar-refractivity contribution in [2.75, 3.05) is 5.32 Å². The van der Waals surface area contributed by atoms with Gasteiger partial charge in [-0.2, -0.15) is 0 Å². The number of amides is 1. The predicted molar refractivity (Wildman–Crippen MR) is 77.5 cm³/mol. The van der Waals surface area contributed by atoms with Crippen LogP contribution in [0.25, 0.3) is 0 Å². The predicted octanol–water partition coefficient (Wildman–Crippen LogP) is 4.13. The summed E-state index contributed by atoms with van der Waals surface area (Å²) in [7, 11) is 0. The first-order valence-electron chi connectivity index (χ1n) is 6.22. The molecule has 18 heavy (non-hydrogen) atoms. The minimum absolute atomic E-state index is 0.0204. The molecule has 0 unspecified atom stereocenters. The molecule has 0 bridgehead atoms. The number of nitrogens with one attached hydrogen (secondary N) is 1. The van der Waals surface area contributed by atoms with Gasteiger partial charge in [-0.25, -0.2) is 0 Å². The Morgan fingerprint density at radius 3 is 2.67 bits per heavy atom. The van der Waals surface area contributed by atoms with E-state index >= 15 is 0 Å². The third kappa shape index (κ3) is 2.99. The van der Waals surface area contributed by atoms with Gasteiger partial charge in [0.25, 0.3) is 5.91 Å². The summed E-state index contributed by atoms with van der Waals surface area (Å²) >= 11 is 1.56. The van der Waals surface area contributed by atoms with Gasteiger partial charge in [-0.3, -0.25) is 4.79 Å². The molecule has 0 spiro atoms. The highest BCUT2D eigenvalue weighted by Gasteiger charge is 2.08. The Morgan fingerprint density at radius 1 is 1.17 bits per heavy atom. The van der Waals surface area contributed by atoms with Crippen LogP contribution in [0.1, 0.15) is 34.0 Å². The molecule has 0 fully saturated rings. The van der Waals surface area contributed by atoms with E-state index in [1.807, 2.05) is 30.3 Å². The average Bonchev–Trinajstić information content (AvgIpc) is 2.88. The van der Waals surface area contributed by atoms with Gasteiger partial charge in [-0.1, -0.05) is 26.0 Å². The van der Waals surface area contributed by atoms with Crippen molar-refractivity contribution in [3.8, 4) is 0 Å². The van der Waals surface area contributed by atoms with E-state index in [1.54, 1.807) is 11.3 Å². The van der Waals surface area contributed by atoms with Crippen molar-refractivity contribution in [3.63, 3.8) is 0 Å². The van der Waals surface area contributed by atoms with Crippen molar-refractivity contribution in [3.05, 3.63) is 51.7 Å². The SMILES string of the molecule is CCc1cccc(NC(=O)c2ccc(CC)s2)c1. The monoisotopic (exact) mass is 259 g/mol. The summed E-state index contributed by atoms with van der Waals surface area (Å²) in [5.74, 6) is -0.0204. The number of hydrogen-bond acceptors (Lipinski definition) is 2. The van der Waals surface area contributed by atoms with Crippen LogP contribution in [0.2, 0.25) is 0 Å². The zero-order valence-corrected chi connectivity index (χ0v) is 11.5. The first kappa shape index (κ1) is 12.8. The number of carbonyl (C=O) groups excluding carboxylic acids is 1. The minimum atomic E-state index is -0.0204. The highest BCUT2D eigenvalue weighted by molar-refractivity contribution is 7.14. The van der Waals surface area contributed by atoms with E-state index in [4.69, 9.17) is 0 Å². The molecular weight excluding hydrogens is 242 g/mol. The topological polar surface area (TPSA) is 29.1 Å². The second-order valence-electron chi connectivity index (χ2n) is 4.13. The van der Waals surface area contributed by atoms with Gasteiger partial charge in [-0.05, 0) is 42.7 Å². The Bertz CT molecular complexity index is 545. The van der Waals surface area contributed by atoms with Crippen LogP contribution in [0.3, 0.4) is 0 Å². The normalized spacial score (nSPS) is 10.3. The lowest BCUT2D eigenvalue weighted by Gasteiger charge is -2.05. The molecule has 0 saturated carbocycles. The van der Waals surface area contributed by atoms with E-state index in [9.17, 15) is 4.79 Å². The Hall–Kier alpha value is -1.61. The highest BCUT2D eigenvalue weighted by Crippen LogP contribution is 2.19. The molecule has 1 heterocycles. The van der Waals surface area contributed by atoms with Crippen LogP contribution in [-0.2, 0) is 12.8 Å². The summed E-state index contributed by atoms with van der Waals surface area (Å²) in [6.07, 6.45) is 1.95. The maximum absolute atomic E-state index is 12.0. The molecule has 0 aliphatic rings. The molecule has 1 aromatic carbocycles. The lowest BCUT2D eigenvalue weighted by atomic mass is 10.1. The number of carbonyl (C=O) groups is 1. The van der Waals surface area contributed by atoms with Gasteiger partial charge in [0.05, 0.1) is 4.88 Å². The Labute approximate surface area is 112 Å². The fourth-order valence-corrected chi connectivity index (χ4v) is 2.59. The number of thiophene rings is 1. The van der Waals surface area contributed by atoms with Crippen molar-refractivity contribution >= 4 is 22.9 Å². The average molecular weight is 259 g/mol. The number of aryl methyl sites for hydroxylation is 2. The molecule has 3 heteroatoms.